The number of methoxy groups -OCH3 is 1. The van der Waals surface area contributed by atoms with E-state index >= 15 is 0 Å². The van der Waals surface area contributed by atoms with E-state index in [0.717, 1.165) is 24.5 Å². The fraction of sp³-hybridized carbons (Fsp3) is 0.625. The van der Waals surface area contributed by atoms with Gasteiger partial charge in [-0.3, -0.25) is 0 Å². The van der Waals surface area contributed by atoms with Gasteiger partial charge < -0.3 is 15.2 Å². The highest BCUT2D eigenvalue weighted by molar-refractivity contribution is 5.43. The van der Waals surface area contributed by atoms with E-state index in [2.05, 4.69) is 12.1 Å². The molecule has 0 spiro atoms. The minimum atomic E-state index is 0.661. The minimum absolute atomic E-state index is 0.661. The smallest absolute Gasteiger partial charge is 0.161 e. The van der Waals surface area contributed by atoms with Crippen molar-refractivity contribution in [2.45, 2.75) is 38.5 Å². The summed E-state index contributed by atoms with van der Waals surface area (Å²) < 4.78 is 11.4. The molecule has 0 aromatic heterocycles. The molecule has 0 amide bonds. The van der Waals surface area contributed by atoms with Crippen LogP contribution >= 0.6 is 0 Å². The van der Waals surface area contributed by atoms with Crippen LogP contribution in [0.4, 0.5) is 0 Å². The predicted octanol–water partition coefficient (Wildman–Crippen LogP) is 3.16. The zero-order valence-corrected chi connectivity index (χ0v) is 11.9. The van der Waals surface area contributed by atoms with Crippen molar-refractivity contribution in [3.63, 3.8) is 0 Å². The van der Waals surface area contributed by atoms with Gasteiger partial charge in [0.05, 0.1) is 13.7 Å². The van der Waals surface area contributed by atoms with Crippen LogP contribution in [-0.4, -0.2) is 20.3 Å². The lowest BCUT2D eigenvalue weighted by Gasteiger charge is -2.22. The van der Waals surface area contributed by atoms with Crippen LogP contribution in [0, 0.1) is 5.92 Å². The summed E-state index contributed by atoms with van der Waals surface area (Å²) in [4.78, 5) is 0. The lowest BCUT2D eigenvalue weighted by atomic mass is 9.90. The number of hydrogen-bond acceptors (Lipinski definition) is 3. The maximum atomic E-state index is 5.99. The molecule has 1 fully saturated rings. The quantitative estimate of drug-likeness (QED) is 0.857. The lowest BCUT2D eigenvalue weighted by Crippen LogP contribution is -2.15. The number of ether oxygens (including phenoxy) is 2. The highest BCUT2D eigenvalue weighted by atomic mass is 16.5. The van der Waals surface area contributed by atoms with Crippen molar-refractivity contribution in [3.05, 3.63) is 23.8 Å². The Hall–Kier alpha value is -1.22. The molecule has 1 aromatic rings. The van der Waals surface area contributed by atoms with Crippen molar-refractivity contribution in [1.82, 2.24) is 0 Å². The Kier molecular flexibility index (Phi) is 5.52. The average molecular weight is 263 g/mol. The van der Waals surface area contributed by atoms with Crippen LogP contribution in [0.15, 0.2) is 18.2 Å². The van der Waals surface area contributed by atoms with Gasteiger partial charge >= 0.3 is 0 Å². The van der Waals surface area contributed by atoms with Crippen LogP contribution in [0.1, 0.15) is 37.7 Å². The first-order valence-electron chi connectivity index (χ1n) is 7.33. The molecule has 3 heteroatoms. The summed E-state index contributed by atoms with van der Waals surface area (Å²) in [5.41, 5.74) is 6.81. The summed E-state index contributed by atoms with van der Waals surface area (Å²) >= 11 is 0. The molecule has 0 unspecified atom stereocenters. The summed E-state index contributed by atoms with van der Waals surface area (Å²) in [6, 6.07) is 6.09. The van der Waals surface area contributed by atoms with E-state index in [1.54, 1.807) is 7.11 Å². The van der Waals surface area contributed by atoms with E-state index in [4.69, 9.17) is 15.2 Å². The second-order valence-corrected chi connectivity index (χ2v) is 5.34. The molecular formula is C16H25NO2. The van der Waals surface area contributed by atoms with Gasteiger partial charge in [0.2, 0.25) is 0 Å². The van der Waals surface area contributed by atoms with Gasteiger partial charge in [-0.05, 0) is 49.4 Å². The summed E-state index contributed by atoms with van der Waals surface area (Å²) in [7, 11) is 1.69. The Bertz CT molecular complexity index is 386. The third-order valence-corrected chi connectivity index (χ3v) is 3.86. The SMILES string of the molecule is COc1ccc(CCN)cc1OCC1CCCCC1. The summed E-state index contributed by atoms with van der Waals surface area (Å²) in [6.07, 6.45) is 7.54. The predicted molar refractivity (Wildman–Crippen MR) is 77.8 cm³/mol. The molecule has 1 aromatic carbocycles. The van der Waals surface area contributed by atoms with E-state index < -0.39 is 0 Å². The van der Waals surface area contributed by atoms with E-state index in [9.17, 15) is 0 Å². The molecular weight excluding hydrogens is 238 g/mol. The zero-order valence-electron chi connectivity index (χ0n) is 11.9. The highest BCUT2D eigenvalue weighted by Gasteiger charge is 2.15. The normalized spacial score (nSPS) is 16.3. The maximum Gasteiger partial charge on any atom is 0.161 e. The second-order valence-electron chi connectivity index (χ2n) is 5.34. The first kappa shape index (κ1) is 14.2. The second kappa shape index (κ2) is 7.39. The molecule has 1 aliphatic carbocycles. The van der Waals surface area contributed by atoms with Crippen LogP contribution in [0.2, 0.25) is 0 Å². The van der Waals surface area contributed by atoms with E-state index in [1.807, 2.05) is 6.07 Å². The fourth-order valence-corrected chi connectivity index (χ4v) is 2.72. The third-order valence-electron chi connectivity index (χ3n) is 3.86. The van der Waals surface area contributed by atoms with Crippen molar-refractivity contribution in [2.75, 3.05) is 20.3 Å². The molecule has 2 N–H and O–H groups in total. The monoisotopic (exact) mass is 263 g/mol. The molecule has 0 bridgehead atoms. The summed E-state index contributed by atoms with van der Waals surface area (Å²) in [5, 5.41) is 0. The molecule has 3 nitrogen and oxygen atoms in total. The molecule has 0 aliphatic heterocycles. The van der Waals surface area contributed by atoms with Gasteiger partial charge in [-0.25, -0.2) is 0 Å². The molecule has 0 saturated heterocycles. The van der Waals surface area contributed by atoms with Gasteiger partial charge in [-0.15, -0.1) is 0 Å². The van der Waals surface area contributed by atoms with E-state index in [-0.39, 0.29) is 0 Å². The molecule has 0 atom stereocenters. The molecule has 2 rings (SSSR count). The Morgan fingerprint density at radius 3 is 2.63 bits per heavy atom. The summed E-state index contributed by atoms with van der Waals surface area (Å²) in [5.74, 6) is 2.38. The van der Waals surface area contributed by atoms with E-state index in [0.29, 0.717) is 12.5 Å². The van der Waals surface area contributed by atoms with Gasteiger partial charge in [0.1, 0.15) is 0 Å². The molecule has 106 valence electrons. The number of nitrogens with two attached hydrogens (primary N) is 1. The third kappa shape index (κ3) is 4.13. The van der Waals surface area contributed by atoms with Gasteiger partial charge in [-0.2, -0.15) is 0 Å². The minimum Gasteiger partial charge on any atom is -0.493 e. The van der Waals surface area contributed by atoms with Crippen molar-refractivity contribution >= 4 is 0 Å². The van der Waals surface area contributed by atoms with Crippen molar-refractivity contribution < 1.29 is 9.47 Å². The average Bonchev–Trinajstić information content (AvgIpc) is 2.47. The lowest BCUT2D eigenvalue weighted by molar-refractivity contribution is 0.202. The number of rotatable bonds is 6. The van der Waals surface area contributed by atoms with Crippen LogP contribution in [0.3, 0.4) is 0 Å². The maximum absolute atomic E-state index is 5.99. The van der Waals surface area contributed by atoms with Crippen LogP contribution < -0.4 is 15.2 Å². The standard InChI is InChI=1S/C16H25NO2/c1-18-15-8-7-13(9-10-17)11-16(15)19-12-14-5-3-2-4-6-14/h7-8,11,14H,2-6,9-10,12,17H2,1H3. The van der Waals surface area contributed by atoms with Crippen molar-refractivity contribution in [2.24, 2.45) is 11.7 Å². The van der Waals surface area contributed by atoms with Gasteiger partial charge in [0.15, 0.2) is 11.5 Å². The molecule has 0 heterocycles. The Morgan fingerprint density at radius 2 is 1.95 bits per heavy atom. The first-order valence-corrected chi connectivity index (χ1v) is 7.33. The van der Waals surface area contributed by atoms with E-state index in [1.165, 1.54) is 37.7 Å². The fourth-order valence-electron chi connectivity index (χ4n) is 2.72. The van der Waals surface area contributed by atoms with Crippen LogP contribution in [-0.2, 0) is 6.42 Å². The Labute approximate surface area is 116 Å². The van der Waals surface area contributed by atoms with Crippen molar-refractivity contribution in [1.29, 1.82) is 0 Å². The van der Waals surface area contributed by atoms with Crippen LogP contribution in [0.5, 0.6) is 11.5 Å². The van der Waals surface area contributed by atoms with Gasteiger partial charge in [0, 0.05) is 0 Å². The van der Waals surface area contributed by atoms with Gasteiger partial charge in [-0.1, -0.05) is 25.3 Å². The molecule has 0 radical (unpaired) electrons. The zero-order chi connectivity index (χ0) is 13.5. The van der Waals surface area contributed by atoms with Crippen molar-refractivity contribution in [3.8, 4) is 11.5 Å². The van der Waals surface area contributed by atoms with Gasteiger partial charge in [0.25, 0.3) is 0 Å². The number of hydrogen-bond donors (Lipinski definition) is 1. The van der Waals surface area contributed by atoms with Crippen LogP contribution in [0.25, 0.3) is 0 Å². The highest BCUT2D eigenvalue weighted by Crippen LogP contribution is 2.30. The largest absolute Gasteiger partial charge is 0.493 e. The first-order chi connectivity index (χ1) is 9.33. The summed E-state index contributed by atoms with van der Waals surface area (Å²) in [6.45, 7) is 1.47. The number of benzene rings is 1. The Balaban J connectivity index is 1.97. The molecule has 1 aliphatic rings. The molecule has 19 heavy (non-hydrogen) atoms. The topological polar surface area (TPSA) is 44.5 Å². The molecule has 1 saturated carbocycles. The Morgan fingerprint density at radius 1 is 1.16 bits per heavy atom.